The number of hydrogen-bond donors (Lipinski definition) is 1. The van der Waals surface area contributed by atoms with E-state index in [9.17, 15) is 14.7 Å². The van der Waals surface area contributed by atoms with Crippen LogP contribution in [0.1, 0.15) is 247 Å². The Bertz CT molecular complexity index is 771. The van der Waals surface area contributed by atoms with Crippen LogP contribution in [0.25, 0.3) is 0 Å². The molecule has 6 heteroatoms. The van der Waals surface area contributed by atoms with Gasteiger partial charge in [0.2, 0.25) is 0 Å². The van der Waals surface area contributed by atoms with Gasteiger partial charge < -0.3 is 19.5 Å². The van der Waals surface area contributed by atoms with Gasteiger partial charge in [0.25, 0.3) is 0 Å². The van der Waals surface area contributed by atoms with E-state index in [0.29, 0.717) is 13.0 Å². The second-order valence-corrected chi connectivity index (χ2v) is 17.0. The molecule has 0 unspecified atom stereocenters. The van der Waals surface area contributed by atoms with Crippen LogP contribution >= 0.6 is 0 Å². The van der Waals surface area contributed by atoms with Crippen LogP contribution in [0.3, 0.4) is 0 Å². The molecule has 316 valence electrons. The molecule has 0 aliphatic rings. The van der Waals surface area contributed by atoms with Gasteiger partial charge in [-0.15, -0.1) is 0 Å². The highest BCUT2D eigenvalue weighted by Crippen LogP contribution is 2.28. The summed E-state index contributed by atoms with van der Waals surface area (Å²) in [7, 11) is 0. The fourth-order valence-electron chi connectivity index (χ4n) is 7.32. The second kappa shape index (κ2) is 39.1. The molecule has 0 aliphatic heterocycles. The number of rotatable bonds is 42. The summed E-state index contributed by atoms with van der Waals surface area (Å²) in [6, 6.07) is 0. The van der Waals surface area contributed by atoms with E-state index in [2.05, 4.69) is 39.5 Å². The van der Waals surface area contributed by atoms with Gasteiger partial charge in [-0.1, -0.05) is 162 Å². The first kappa shape index (κ1) is 51.9. The van der Waals surface area contributed by atoms with Gasteiger partial charge in [0.15, 0.2) is 0 Å². The average Bonchev–Trinajstić information content (AvgIpc) is 3.14. The van der Waals surface area contributed by atoms with Crippen molar-refractivity contribution in [1.29, 1.82) is 0 Å². The standard InChI is InChI=1S/C47H93NO5/c1-6-9-12-15-20-27-35-44(36-28-21-16-13-10-7-2)53-46(51)47(4,5)38-30-23-25-32-40-48(41-34-42-49)39-31-24-18-19-26-33-43-52-45(50)37-29-22-17-14-11-8-3/h44,49H,6-43H2,1-5H3. The monoisotopic (exact) mass is 752 g/mol. The average molecular weight is 752 g/mol. The highest BCUT2D eigenvalue weighted by atomic mass is 16.5. The highest BCUT2D eigenvalue weighted by Gasteiger charge is 2.30. The maximum atomic E-state index is 13.4. The van der Waals surface area contributed by atoms with E-state index in [1.807, 2.05) is 0 Å². The molecule has 1 N–H and O–H groups in total. The Labute approximate surface area is 331 Å². The largest absolute Gasteiger partial charge is 0.466 e. The van der Waals surface area contributed by atoms with Gasteiger partial charge in [0.1, 0.15) is 6.10 Å². The second-order valence-electron chi connectivity index (χ2n) is 17.0. The van der Waals surface area contributed by atoms with Crippen molar-refractivity contribution in [2.45, 2.75) is 253 Å². The molecule has 0 amide bonds. The summed E-state index contributed by atoms with van der Waals surface area (Å²) in [5, 5.41) is 9.43. The van der Waals surface area contributed by atoms with Gasteiger partial charge >= 0.3 is 11.9 Å². The van der Waals surface area contributed by atoms with Gasteiger partial charge in [0.05, 0.1) is 12.0 Å². The topological polar surface area (TPSA) is 76.1 Å². The molecule has 53 heavy (non-hydrogen) atoms. The normalized spacial score (nSPS) is 11.9. The number of carbonyl (C=O) groups is 2. The van der Waals surface area contributed by atoms with Crippen molar-refractivity contribution in [1.82, 2.24) is 4.90 Å². The van der Waals surface area contributed by atoms with Crippen molar-refractivity contribution in [3.05, 3.63) is 0 Å². The number of aliphatic hydroxyl groups is 1. The Morgan fingerprint density at radius 2 is 0.943 bits per heavy atom. The van der Waals surface area contributed by atoms with Crippen LogP contribution in [0.4, 0.5) is 0 Å². The number of hydrogen-bond acceptors (Lipinski definition) is 6. The lowest BCUT2D eigenvalue weighted by atomic mass is 9.86. The van der Waals surface area contributed by atoms with E-state index in [1.54, 1.807) is 0 Å². The Hall–Kier alpha value is -1.14. The van der Waals surface area contributed by atoms with Crippen molar-refractivity contribution in [3.8, 4) is 0 Å². The number of carbonyl (C=O) groups excluding carboxylic acids is 2. The quantitative estimate of drug-likeness (QED) is 0.0494. The SMILES string of the molecule is CCCCCCCCC(=O)OCCCCCCCCN(CCCO)CCCCCCC(C)(C)C(=O)OC(CCCCCCCC)CCCCCCCC. The number of ether oxygens (including phenoxy) is 2. The van der Waals surface area contributed by atoms with Gasteiger partial charge in [-0.25, -0.2) is 0 Å². The van der Waals surface area contributed by atoms with Gasteiger partial charge in [0, 0.05) is 19.6 Å². The maximum Gasteiger partial charge on any atom is 0.311 e. The predicted molar refractivity (Wildman–Crippen MR) is 228 cm³/mol. The molecule has 0 rings (SSSR count). The van der Waals surface area contributed by atoms with Crippen LogP contribution in [0, 0.1) is 5.41 Å². The number of nitrogens with zero attached hydrogens (tertiary/aromatic N) is 1. The van der Waals surface area contributed by atoms with Gasteiger partial charge in [-0.05, 0) is 91.1 Å². The maximum absolute atomic E-state index is 13.4. The zero-order chi connectivity index (χ0) is 39.1. The third-order valence-corrected chi connectivity index (χ3v) is 11.1. The zero-order valence-corrected chi connectivity index (χ0v) is 36.5. The minimum atomic E-state index is -0.425. The van der Waals surface area contributed by atoms with Crippen molar-refractivity contribution in [2.75, 3.05) is 32.8 Å². The molecule has 0 heterocycles. The van der Waals surface area contributed by atoms with Crippen LogP contribution < -0.4 is 0 Å². The first-order valence-electron chi connectivity index (χ1n) is 23.5. The van der Waals surface area contributed by atoms with Crippen LogP contribution in [0.2, 0.25) is 0 Å². The molecule has 0 aromatic rings. The van der Waals surface area contributed by atoms with E-state index in [1.165, 1.54) is 141 Å². The molecule has 0 bridgehead atoms. The van der Waals surface area contributed by atoms with Gasteiger partial charge in [-0.3, -0.25) is 9.59 Å². The summed E-state index contributed by atoms with van der Waals surface area (Å²) in [6.07, 6.45) is 38.5. The lowest BCUT2D eigenvalue weighted by Gasteiger charge is -2.27. The minimum Gasteiger partial charge on any atom is -0.466 e. The van der Waals surface area contributed by atoms with Crippen molar-refractivity contribution < 1.29 is 24.2 Å². The van der Waals surface area contributed by atoms with E-state index < -0.39 is 5.41 Å². The highest BCUT2D eigenvalue weighted by molar-refractivity contribution is 5.76. The van der Waals surface area contributed by atoms with E-state index in [4.69, 9.17) is 9.47 Å². The third kappa shape index (κ3) is 35.0. The first-order valence-corrected chi connectivity index (χ1v) is 23.5. The molecule has 0 atom stereocenters. The fourth-order valence-corrected chi connectivity index (χ4v) is 7.32. The zero-order valence-electron chi connectivity index (χ0n) is 36.5. The molecule has 0 aromatic heterocycles. The number of esters is 2. The van der Waals surface area contributed by atoms with E-state index in [0.717, 1.165) is 83.8 Å². The third-order valence-electron chi connectivity index (χ3n) is 11.1. The van der Waals surface area contributed by atoms with Crippen LogP contribution in [0.5, 0.6) is 0 Å². The molecule has 0 saturated carbocycles. The Morgan fingerprint density at radius 1 is 0.528 bits per heavy atom. The van der Waals surface area contributed by atoms with Gasteiger partial charge in [-0.2, -0.15) is 0 Å². The molecule has 0 fully saturated rings. The molecule has 0 aromatic carbocycles. The van der Waals surface area contributed by atoms with Crippen LogP contribution in [0.15, 0.2) is 0 Å². The molecular formula is C47H93NO5. The molecule has 0 spiro atoms. The van der Waals surface area contributed by atoms with Crippen LogP contribution in [-0.2, 0) is 19.1 Å². The minimum absolute atomic E-state index is 0.0110. The first-order chi connectivity index (χ1) is 25.8. The Kier molecular flexibility index (Phi) is 38.3. The van der Waals surface area contributed by atoms with Crippen molar-refractivity contribution >= 4 is 11.9 Å². The van der Waals surface area contributed by atoms with E-state index in [-0.39, 0.29) is 24.6 Å². The summed E-state index contributed by atoms with van der Waals surface area (Å²) >= 11 is 0. The summed E-state index contributed by atoms with van der Waals surface area (Å²) in [6.45, 7) is 14.9. The summed E-state index contributed by atoms with van der Waals surface area (Å²) in [5.41, 5.74) is -0.425. The Balaban J connectivity index is 4.24. The van der Waals surface area contributed by atoms with E-state index >= 15 is 0 Å². The lowest BCUT2D eigenvalue weighted by Crippen LogP contribution is -2.31. The summed E-state index contributed by atoms with van der Waals surface area (Å²) < 4.78 is 11.7. The fraction of sp³-hybridized carbons (Fsp3) is 0.957. The van der Waals surface area contributed by atoms with Crippen LogP contribution in [-0.4, -0.2) is 60.9 Å². The summed E-state index contributed by atoms with van der Waals surface area (Å²) in [5.74, 6) is -0.00901. The van der Waals surface area contributed by atoms with Crippen molar-refractivity contribution in [2.24, 2.45) is 5.41 Å². The smallest absolute Gasteiger partial charge is 0.311 e. The molecule has 0 saturated heterocycles. The summed E-state index contributed by atoms with van der Waals surface area (Å²) in [4.78, 5) is 27.8. The molecule has 0 radical (unpaired) electrons. The lowest BCUT2D eigenvalue weighted by molar-refractivity contribution is -0.161. The Morgan fingerprint density at radius 3 is 1.45 bits per heavy atom. The molecule has 0 aliphatic carbocycles. The predicted octanol–water partition coefficient (Wildman–Crippen LogP) is 13.7. The van der Waals surface area contributed by atoms with Crippen molar-refractivity contribution in [3.63, 3.8) is 0 Å². The number of unbranched alkanes of at least 4 members (excludes halogenated alkanes) is 23. The molecule has 6 nitrogen and oxygen atoms in total. The molecular weight excluding hydrogens is 659 g/mol. The number of aliphatic hydroxyl groups excluding tert-OH is 1.